The molecule has 0 saturated carbocycles. The van der Waals surface area contributed by atoms with Crippen molar-refractivity contribution in [2.24, 2.45) is 0 Å². The molecule has 0 saturated heterocycles. The van der Waals surface area contributed by atoms with Crippen LogP contribution in [0.2, 0.25) is 0 Å². The molecule has 0 spiro atoms. The van der Waals surface area contributed by atoms with Crippen LogP contribution in [0.3, 0.4) is 0 Å². The number of nitrogens with zero attached hydrogens (tertiary/aromatic N) is 2. The van der Waals surface area contributed by atoms with Crippen LogP contribution in [0.15, 0.2) is 41.0 Å². The number of halogens is 1. The molecule has 0 atom stereocenters. The average Bonchev–Trinajstić information content (AvgIpc) is 2.89. The van der Waals surface area contributed by atoms with Crippen molar-refractivity contribution >= 4 is 27.7 Å². The van der Waals surface area contributed by atoms with Crippen molar-refractivity contribution in [2.75, 3.05) is 19.0 Å². The van der Waals surface area contributed by atoms with Crippen LogP contribution in [0, 0.1) is 0 Å². The number of anilines is 1. The predicted octanol–water partition coefficient (Wildman–Crippen LogP) is 3.06. The number of carbonyl (C=O) groups is 1. The van der Waals surface area contributed by atoms with Crippen molar-refractivity contribution < 1.29 is 9.53 Å². The van der Waals surface area contributed by atoms with E-state index in [4.69, 9.17) is 4.74 Å². The minimum absolute atomic E-state index is 0.0235. The fourth-order valence-corrected chi connectivity index (χ4v) is 2.17. The number of hydrogen-bond donors (Lipinski definition) is 1. The number of aromatic nitrogens is 2. The maximum Gasteiger partial charge on any atom is 0.225 e. The van der Waals surface area contributed by atoms with E-state index >= 15 is 0 Å². The van der Waals surface area contributed by atoms with Crippen LogP contribution in [0.5, 0.6) is 0 Å². The minimum atomic E-state index is -0.0235. The molecule has 6 heteroatoms. The highest BCUT2D eigenvalue weighted by atomic mass is 79.9. The zero-order valence-electron chi connectivity index (χ0n) is 11.9. The molecule has 0 radical (unpaired) electrons. The molecule has 1 aromatic heterocycles. The highest BCUT2D eigenvalue weighted by Gasteiger charge is 2.07. The molecule has 2 rings (SSSR count). The van der Waals surface area contributed by atoms with E-state index in [1.54, 1.807) is 24.1 Å². The van der Waals surface area contributed by atoms with Gasteiger partial charge in [0.05, 0.1) is 12.7 Å². The number of carbonyl (C=O) groups excluding carboxylic acids is 1. The first-order chi connectivity index (χ1) is 10.2. The first kappa shape index (κ1) is 15.7. The third-order valence-corrected chi connectivity index (χ3v) is 3.51. The third kappa shape index (κ3) is 4.99. The summed E-state index contributed by atoms with van der Waals surface area (Å²) in [6.45, 7) is 1.21. The van der Waals surface area contributed by atoms with E-state index in [9.17, 15) is 4.79 Å². The SMILES string of the molecule is COCCCC(=O)Nc1ccnn1Cc1ccc(Br)cc1. The van der Waals surface area contributed by atoms with Gasteiger partial charge >= 0.3 is 0 Å². The van der Waals surface area contributed by atoms with Crippen molar-refractivity contribution in [3.63, 3.8) is 0 Å². The largest absolute Gasteiger partial charge is 0.385 e. The van der Waals surface area contributed by atoms with Gasteiger partial charge in [-0.2, -0.15) is 5.10 Å². The first-order valence-corrected chi connectivity index (χ1v) is 7.53. The molecule has 112 valence electrons. The topological polar surface area (TPSA) is 56.1 Å². The standard InChI is InChI=1S/C15H18BrN3O2/c1-21-10-2-3-15(20)18-14-8-9-17-19(14)11-12-4-6-13(16)7-5-12/h4-9H,2-3,10-11H2,1H3,(H,18,20). The molecule has 1 heterocycles. The lowest BCUT2D eigenvalue weighted by Crippen LogP contribution is -2.16. The molecule has 5 nitrogen and oxygen atoms in total. The summed E-state index contributed by atoms with van der Waals surface area (Å²) in [5, 5.41) is 7.13. The second-order valence-corrected chi connectivity index (χ2v) is 5.56. The average molecular weight is 352 g/mol. The number of hydrogen-bond acceptors (Lipinski definition) is 3. The van der Waals surface area contributed by atoms with Crippen LogP contribution in [-0.4, -0.2) is 29.4 Å². The van der Waals surface area contributed by atoms with Gasteiger partial charge in [0.1, 0.15) is 5.82 Å². The number of ether oxygens (including phenoxy) is 1. The molecule has 0 fully saturated rings. The highest BCUT2D eigenvalue weighted by Crippen LogP contribution is 2.14. The van der Waals surface area contributed by atoms with Gasteiger partial charge in [-0.3, -0.25) is 4.79 Å². The Balaban J connectivity index is 1.95. The molecular formula is C15H18BrN3O2. The zero-order valence-corrected chi connectivity index (χ0v) is 13.5. The Bertz CT molecular complexity index is 581. The lowest BCUT2D eigenvalue weighted by atomic mass is 10.2. The zero-order chi connectivity index (χ0) is 15.1. The van der Waals surface area contributed by atoms with Gasteiger partial charge in [0.15, 0.2) is 0 Å². The fourth-order valence-electron chi connectivity index (χ4n) is 1.91. The number of benzene rings is 1. The van der Waals surface area contributed by atoms with Crippen molar-refractivity contribution in [3.8, 4) is 0 Å². The summed E-state index contributed by atoms with van der Waals surface area (Å²) in [6, 6.07) is 9.82. The third-order valence-electron chi connectivity index (χ3n) is 2.98. The van der Waals surface area contributed by atoms with Crippen LogP contribution < -0.4 is 5.32 Å². The summed E-state index contributed by atoms with van der Waals surface area (Å²) < 4.78 is 7.75. The van der Waals surface area contributed by atoms with Crippen LogP contribution >= 0.6 is 15.9 Å². The van der Waals surface area contributed by atoms with E-state index in [2.05, 4.69) is 26.3 Å². The van der Waals surface area contributed by atoms with E-state index < -0.39 is 0 Å². The molecule has 0 aliphatic rings. The van der Waals surface area contributed by atoms with Gasteiger partial charge in [0.2, 0.25) is 5.91 Å². The maximum atomic E-state index is 11.8. The van der Waals surface area contributed by atoms with Crippen LogP contribution in [-0.2, 0) is 16.1 Å². The van der Waals surface area contributed by atoms with Gasteiger partial charge in [-0.15, -0.1) is 0 Å². The maximum absolute atomic E-state index is 11.8. The predicted molar refractivity (Wildman–Crippen MR) is 85.2 cm³/mol. The van der Waals surface area contributed by atoms with Gasteiger partial charge in [0, 0.05) is 30.7 Å². The molecule has 21 heavy (non-hydrogen) atoms. The summed E-state index contributed by atoms with van der Waals surface area (Å²) in [5.41, 5.74) is 1.12. The van der Waals surface area contributed by atoms with E-state index in [0.29, 0.717) is 31.8 Å². The van der Waals surface area contributed by atoms with Crippen LogP contribution in [0.25, 0.3) is 0 Å². The Morgan fingerprint density at radius 1 is 1.33 bits per heavy atom. The second-order valence-electron chi connectivity index (χ2n) is 4.65. The number of nitrogens with one attached hydrogen (secondary N) is 1. The Morgan fingerprint density at radius 2 is 2.10 bits per heavy atom. The molecule has 1 aromatic carbocycles. The lowest BCUT2D eigenvalue weighted by molar-refractivity contribution is -0.116. The molecule has 1 N–H and O–H groups in total. The Morgan fingerprint density at radius 3 is 2.81 bits per heavy atom. The smallest absolute Gasteiger partial charge is 0.225 e. The van der Waals surface area contributed by atoms with Gasteiger partial charge in [0.25, 0.3) is 0 Å². The highest BCUT2D eigenvalue weighted by molar-refractivity contribution is 9.10. The van der Waals surface area contributed by atoms with Gasteiger partial charge in [-0.25, -0.2) is 4.68 Å². The van der Waals surface area contributed by atoms with E-state index in [0.717, 1.165) is 10.0 Å². The fraction of sp³-hybridized carbons (Fsp3) is 0.333. The quantitative estimate of drug-likeness (QED) is 0.780. The van der Waals surface area contributed by atoms with Gasteiger partial charge in [-0.1, -0.05) is 28.1 Å². The van der Waals surface area contributed by atoms with Gasteiger partial charge < -0.3 is 10.1 Å². The van der Waals surface area contributed by atoms with E-state index in [1.807, 2.05) is 24.3 Å². The number of amides is 1. The molecule has 0 bridgehead atoms. The molecule has 0 aliphatic heterocycles. The van der Waals surface area contributed by atoms with Crippen molar-refractivity contribution in [1.29, 1.82) is 0 Å². The Labute approximate surface area is 132 Å². The van der Waals surface area contributed by atoms with Crippen molar-refractivity contribution in [3.05, 3.63) is 46.6 Å². The first-order valence-electron chi connectivity index (χ1n) is 6.74. The summed E-state index contributed by atoms with van der Waals surface area (Å²) in [4.78, 5) is 11.8. The summed E-state index contributed by atoms with van der Waals surface area (Å²) in [7, 11) is 1.63. The van der Waals surface area contributed by atoms with E-state index in [-0.39, 0.29) is 5.91 Å². The summed E-state index contributed by atoms with van der Waals surface area (Å²) in [5.74, 6) is 0.685. The van der Waals surface area contributed by atoms with Crippen LogP contribution in [0.4, 0.5) is 5.82 Å². The van der Waals surface area contributed by atoms with Crippen molar-refractivity contribution in [2.45, 2.75) is 19.4 Å². The normalized spacial score (nSPS) is 10.6. The summed E-state index contributed by atoms with van der Waals surface area (Å²) in [6.07, 6.45) is 2.84. The van der Waals surface area contributed by atoms with E-state index in [1.165, 1.54) is 0 Å². The Kier molecular flexibility index (Phi) is 5.95. The molecular weight excluding hydrogens is 334 g/mol. The number of methoxy groups -OCH3 is 1. The monoisotopic (exact) mass is 351 g/mol. The summed E-state index contributed by atoms with van der Waals surface area (Å²) >= 11 is 3.41. The molecule has 1 amide bonds. The molecule has 0 aliphatic carbocycles. The van der Waals surface area contributed by atoms with Crippen molar-refractivity contribution in [1.82, 2.24) is 9.78 Å². The van der Waals surface area contributed by atoms with Crippen LogP contribution in [0.1, 0.15) is 18.4 Å². The van der Waals surface area contributed by atoms with Gasteiger partial charge in [-0.05, 0) is 24.1 Å². The molecule has 2 aromatic rings. The second kappa shape index (κ2) is 7.95. The molecule has 0 unspecified atom stereocenters. The lowest BCUT2D eigenvalue weighted by Gasteiger charge is -2.09. The number of rotatable bonds is 7. The minimum Gasteiger partial charge on any atom is -0.385 e. The Hall–Kier alpha value is -1.66.